The van der Waals surface area contributed by atoms with Crippen LogP contribution >= 0.6 is 0 Å². The molecule has 0 saturated carbocycles. The molecule has 0 aliphatic heterocycles. The SMILES string of the molecule is [CH2-]C(=O)c1ccccn1.[K+]. The minimum absolute atomic E-state index is 0. The van der Waals surface area contributed by atoms with Crippen LogP contribution in [-0.4, -0.2) is 10.8 Å². The fourth-order valence-electron chi connectivity index (χ4n) is 0.528. The van der Waals surface area contributed by atoms with Gasteiger partial charge in [-0.05, 0) is 11.8 Å². The zero-order chi connectivity index (χ0) is 6.69. The van der Waals surface area contributed by atoms with Gasteiger partial charge in [-0.1, -0.05) is 6.07 Å². The van der Waals surface area contributed by atoms with Crippen molar-refractivity contribution in [2.24, 2.45) is 0 Å². The quantitative estimate of drug-likeness (QED) is 0.272. The molecule has 0 saturated heterocycles. The molecular weight excluding hydrogens is 153 g/mol. The molecule has 10 heavy (non-hydrogen) atoms. The molecule has 0 radical (unpaired) electrons. The Bertz CT molecular complexity index is 210. The van der Waals surface area contributed by atoms with E-state index in [1.165, 1.54) is 0 Å². The van der Waals surface area contributed by atoms with Crippen molar-refractivity contribution in [1.82, 2.24) is 4.98 Å². The standard InChI is InChI=1S/C7H6NO.K/c1-6(9)7-4-2-3-5-8-7;/h2-5H,1H2;/q-1;+1. The molecule has 1 aromatic rings. The molecule has 3 heteroatoms. The van der Waals surface area contributed by atoms with E-state index in [2.05, 4.69) is 11.9 Å². The summed E-state index contributed by atoms with van der Waals surface area (Å²) in [5.41, 5.74) is 0.414. The van der Waals surface area contributed by atoms with Gasteiger partial charge in [-0.25, -0.2) is 0 Å². The summed E-state index contributed by atoms with van der Waals surface area (Å²) < 4.78 is 0. The van der Waals surface area contributed by atoms with Crippen LogP contribution in [0.4, 0.5) is 0 Å². The van der Waals surface area contributed by atoms with Crippen LogP contribution in [0.3, 0.4) is 0 Å². The molecule has 1 rings (SSSR count). The number of Topliss-reactive ketones (excluding diaryl/α,β-unsaturated/α-hetero) is 1. The van der Waals surface area contributed by atoms with E-state index in [1.807, 2.05) is 0 Å². The monoisotopic (exact) mass is 159 g/mol. The summed E-state index contributed by atoms with van der Waals surface area (Å²) >= 11 is 0. The molecule has 46 valence electrons. The molecule has 0 N–H and O–H groups in total. The first kappa shape index (κ1) is 10.3. The molecule has 0 aliphatic carbocycles. The fraction of sp³-hybridized carbons (Fsp3) is 0. The third-order valence-electron chi connectivity index (χ3n) is 0.951. The zero-order valence-corrected chi connectivity index (χ0v) is 9.00. The molecule has 2 nitrogen and oxygen atoms in total. The van der Waals surface area contributed by atoms with Gasteiger partial charge in [0.25, 0.3) is 0 Å². The molecule has 0 aromatic carbocycles. The van der Waals surface area contributed by atoms with Gasteiger partial charge in [-0.15, -0.1) is 6.07 Å². The number of rotatable bonds is 1. The van der Waals surface area contributed by atoms with E-state index < -0.39 is 0 Å². The Labute approximate surface area is 102 Å². The molecular formula is C7H6KNO. The molecule has 0 bridgehead atoms. The van der Waals surface area contributed by atoms with Crippen LogP contribution in [0.25, 0.3) is 0 Å². The summed E-state index contributed by atoms with van der Waals surface area (Å²) in [5.74, 6) is -0.240. The molecule has 0 atom stereocenters. The van der Waals surface area contributed by atoms with Gasteiger partial charge >= 0.3 is 51.4 Å². The van der Waals surface area contributed by atoms with E-state index in [0.717, 1.165) is 0 Å². The second kappa shape index (κ2) is 5.04. The average Bonchev–Trinajstić information content (AvgIpc) is 1.90. The van der Waals surface area contributed by atoms with Crippen LogP contribution in [0, 0.1) is 6.92 Å². The van der Waals surface area contributed by atoms with Crippen molar-refractivity contribution < 1.29 is 56.2 Å². The van der Waals surface area contributed by atoms with Crippen LogP contribution in [0.1, 0.15) is 10.5 Å². The summed E-state index contributed by atoms with van der Waals surface area (Å²) in [6.45, 7) is 3.21. The van der Waals surface area contributed by atoms with E-state index in [0.29, 0.717) is 5.69 Å². The first-order valence-corrected chi connectivity index (χ1v) is 2.58. The van der Waals surface area contributed by atoms with Crippen LogP contribution in [0.15, 0.2) is 24.4 Å². The first-order valence-electron chi connectivity index (χ1n) is 2.58. The van der Waals surface area contributed by atoms with E-state index >= 15 is 0 Å². The molecule has 1 aromatic heterocycles. The number of carbonyl (C=O) groups excluding carboxylic acids is 1. The molecule has 0 aliphatic rings. The van der Waals surface area contributed by atoms with Gasteiger partial charge in [0.1, 0.15) is 0 Å². The zero-order valence-electron chi connectivity index (χ0n) is 5.87. The molecule has 0 unspecified atom stereocenters. The Morgan fingerprint density at radius 1 is 1.50 bits per heavy atom. The minimum atomic E-state index is -0.240. The Morgan fingerprint density at radius 3 is 2.50 bits per heavy atom. The number of carbonyl (C=O) groups is 1. The topological polar surface area (TPSA) is 30.0 Å². The van der Waals surface area contributed by atoms with Crippen LogP contribution in [-0.2, 0) is 0 Å². The predicted molar refractivity (Wildman–Crippen MR) is 33.9 cm³/mol. The minimum Gasteiger partial charge on any atom is -0.347 e. The summed E-state index contributed by atoms with van der Waals surface area (Å²) in [6.07, 6.45) is 1.57. The van der Waals surface area contributed by atoms with Crippen molar-refractivity contribution in [2.45, 2.75) is 0 Å². The third kappa shape index (κ3) is 2.94. The summed E-state index contributed by atoms with van der Waals surface area (Å²) in [7, 11) is 0. The van der Waals surface area contributed by atoms with Crippen molar-refractivity contribution in [3.63, 3.8) is 0 Å². The van der Waals surface area contributed by atoms with Crippen molar-refractivity contribution in [3.05, 3.63) is 37.0 Å². The van der Waals surface area contributed by atoms with Crippen molar-refractivity contribution >= 4 is 5.78 Å². The fourth-order valence-corrected chi connectivity index (χ4v) is 0.528. The van der Waals surface area contributed by atoms with Crippen molar-refractivity contribution in [1.29, 1.82) is 0 Å². The van der Waals surface area contributed by atoms with E-state index in [-0.39, 0.29) is 57.2 Å². The van der Waals surface area contributed by atoms with Crippen LogP contribution in [0.2, 0.25) is 0 Å². The van der Waals surface area contributed by atoms with Gasteiger partial charge in [0.15, 0.2) is 0 Å². The van der Waals surface area contributed by atoms with Crippen LogP contribution in [0.5, 0.6) is 0 Å². The Hall–Kier alpha value is 0.326. The number of hydrogen-bond acceptors (Lipinski definition) is 2. The molecule has 0 spiro atoms. The number of hydrogen-bond donors (Lipinski definition) is 0. The Kier molecular flexibility index (Phi) is 5.20. The largest absolute Gasteiger partial charge is 1.00 e. The number of pyridine rings is 1. The summed E-state index contributed by atoms with van der Waals surface area (Å²) in [6, 6.07) is 5.15. The van der Waals surface area contributed by atoms with Gasteiger partial charge in [-0.3, -0.25) is 0 Å². The molecule has 0 amide bonds. The number of nitrogens with zero attached hydrogens (tertiary/aromatic N) is 1. The maximum Gasteiger partial charge on any atom is 1.00 e. The van der Waals surface area contributed by atoms with Crippen LogP contribution < -0.4 is 51.4 Å². The van der Waals surface area contributed by atoms with Gasteiger partial charge < -0.3 is 9.78 Å². The maximum atomic E-state index is 10.5. The average molecular weight is 159 g/mol. The molecule has 1 heterocycles. The number of ketones is 1. The second-order valence-electron chi connectivity index (χ2n) is 1.64. The van der Waals surface area contributed by atoms with Gasteiger partial charge in [0, 0.05) is 12.0 Å². The third-order valence-corrected chi connectivity index (χ3v) is 0.951. The number of aromatic nitrogens is 1. The predicted octanol–water partition coefficient (Wildman–Crippen LogP) is -1.90. The van der Waals surface area contributed by atoms with Gasteiger partial charge in [-0.2, -0.15) is 6.92 Å². The van der Waals surface area contributed by atoms with E-state index in [1.54, 1.807) is 24.4 Å². The van der Waals surface area contributed by atoms with E-state index in [4.69, 9.17) is 0 Å². The van der Waals surface area contributed by atoms with E-state index in [9.17, 15) is 4.79 Å². The smallest absolute Gasteiger partial charge is 0.347 e. The summed E-state index contributed by atoms with van der Waals surface area (Å²) in [4.78, 5) is 14.2. The Morgan fingerprint density at radius 2 is 2.20 bits per heavy atom. The van der Waals surface area contributed by atoms with Crippen molar-refractivity contribution in [3.8, 4) is 0 Å². The maximum absolute atomic E-state index is 10.5. The van der Waals surface area contributed by atoms with Gasteiger partial charge in [0.2, 0.25) is 0 Å². The molecule has 0 fully saturated rings. The van der Waals surface area contributed by atoms with Crippen molar-refractivity contribution in [2.75, 3.05) is 0 Å². The second-order valence-corrected chi connectivity index (χ2v) is 1.64. The first-order chi connectivity index (χ1) is 4.30. The normalized spacial score (nSPS) is 8.00. The van der Waals surface area contributed by atoms with Gasteiger partial charge in [0.05, 0.1) is 0 Å². The summed E-state index contributed by atoms with van der Waals surface area (Å²) in [5, 5.41) is 0. The Balaban J connectivity index is 0.000000810.